The van der Waals surface area contributed by atoms with E-state index in [1.165, 1.54) is 0 Å². The van der Waals surface area contributed by atoms with Gasteiger partial charge in [0.1, 0.15) is 42.7 Å². The van der Waals surface area contributed by atoms with E-state index in [1.54, 1.807) is 0 Å². The van der Waals surface area contributed by atoms with Crippen molar-refractivity contribution in [1.29, 1.82) is 0 Å². The predicted molar refractivity (Wildman–Crippen MR) is 120 cm³/mol. The second-order valence-corrected chi connectivity index (χ2v) is 11.4. The maximum Gasteiger partial charge on any atom is 0.483 e. The van der Waals surface area contributed by atoms with Gasteiger partial charge in [0.25, 0.3) is 5.56 Å². The Hall–Kier alpha value is -1.91. The maximum atomic E-state index is 12.3. The van der Waals surface area contributed by atoms with Crippen molar-refractivity contribution in [3.8, 4) is 0 Å². The molecule has 0 bridgehead atoms. The number of anilines is 1. The van der Waals surface area contributed by atoms with Gasteiger partial charge in [-0.15, -0.1) is 0 Å². The number of aromatic amines is 1. The highest BCUT2D eigenvalue weighted by Gasteiger charge is 2.49. The van der Waals surface area contributed by atoms with Crippen LogP contribution in [0, 0.1) is 0 Å². The molecule has 2 saturated heterocycles. The van der Waals surface area contributed by atoms with E-state index >= 15 is 0 Å². The number of aliphatic hydroxyl groups is 6. The number of aromatic nitrogens is 4. The predicted octanol–water partition coefficient (Wildman–Crippen LogP) is -4.63. The summed E-state index contributed by atoms with van der Waals surface area (Å²) < 4.78 is 49.1. The summed E-state index contributed by atoms with van der Waals surface area (Å²) in [4.78, 5) is 41.7. The van der Waals surface area contributed by atoms with Crippen molar-refractivity contribution < 1.29 is 72.4 Å². The summed E-state index contributed by atoms with van der Waals surface area (Å²) in [7, 11) is -11.1. The Kier molecular flexibility index (Phi) is 8.60. The van der Waals surface area contributed by atoms with Crippen molar-refractivity contribution in [3.63, 3.8) is 0 Å². The fourth-order valence-corrected chi connectivity index (χ4v) is 6.01. The average molecular weight is 605 g/mol. The number of aliphatic hydroxyl groups excluding tert-OH is 6. The monoisotopic (exact) mass is 605 g/mol. The fraction of sp³-hybridized carbons (Fsp3) is 0.688. The SMILES string of the molecule is Nc1nc2c(ncn2C2O[C@H](COP(=O)(O)OP(=O)(O)OC3O[C@H](CO)[C@@H](O)[C@H](O)[C@H]3O)[C@@H](O)[C@H]2O)c(=O)[nH]1. The van der Waals surface area contributed by atoms with Crippen LogP contribution in [-0.2, 0) is 32.0 Å². The quantitative estimate of drug-likeness (QED) is 0.120. The largest absolute Gasteiger partial charge is 0.483 e. The van der Waals surface area contributed by atoms with Crippen LogP contribution in [0.25, 0.3) is 11.2 Å². The number of phosphoric acid groups is 2. The molecule has 0 aliphatic carbocycles. The van der Waals surface area contributed by atoms with E-state index < -0.39 is 89.7 Å². The first-order valence-electron chi connectivity index (χ1n) is 10.9. The molecule has 11 N–H and O–H groups in total. The highest BCUT2D eigenvalue weighted by Crippen LogP contribution is 2.61. The van der Waals surface area contributed by atoms with E-state index in [9.17, 15) is 49.2 Å². The number of nitrogen functional groups attached to an aromatic ring is 1. The van der Waals surface area contributed by atoms with Crippen molar-refractivity contribution in [2.24, 2.45) is 0 Å². The number of imidazole rings is 1. The summed E-state index contributed by atoms with van der Waals surface area (Å²) in [5, 5.41) is 59.2. The van der Waals surface area contributed by atoms with Gasteiger partial charge in [-0.25, -0.2) is 14.1 Å². The first-order valence-corrected chi connectivity index (χ1v) is 13.9. The fourth-order valence-electron chi connectivity index (χ4n) is 3.85. The van der Waals surface area contributed by atoms with Crippen LogP contribution in [0.3, 0.4) is 0 Å². The lowest BCUT2D eigenvalue weighted by Gasteiger charge is -2.39. The van der Waals surface area contributed by atoms with Gasteiger partial charge in [-0.05, 0) is 0 Å². The first kappa shape index (κ1) is 30.1. The minimum Gasteiger partial charge on any atom is -0.394 e. The van der Waals surface area contributed by atoms with Gasteiger partial charge in [0.05, 0.1) is 19.5 Å². The number of nitrogens with one attached hydrogen (secondary N) is 1. The smallest absolute Gasteiger partial charge is 0.394 e. The van der Waals surface area contributed by atoms with Gasteiger partial charge < -0.3 is 55.6 Å². The molecule has 0 spiro atoms. The highest BCUT2D eigenvalue weighted by molar-refractivity contribution is 7.61. The number of nitrogens with two attached hydrogens (primary N) is 1. The van der Waals surface area contributed by atoms with Gasteiger partial charge in [0.2, 0.25) is 5.95 Å². The molecule has 2 aliphatic heterocycles. The zero-order chi connectivity index (χ0) is 28.9. The molecule has 2 aromatic heterocycles. The Labute approximate surface area is 216 Å². The number of fused-ring (bicyclic) bond motifs is 1. The van der Waals surface area contributed by atoms with Crippen LogP contribution in [-0.4, -0.2) is 122 Å². The molecule has 0 radical (unpaired) electrons. The van der Waals surface area contributed by atoms with Crippen LogP contribution in [0.4, 0.5) is 5.95 Å². The summed E-state index contributed by atoms with van der Waals surface area (Å²) in [5.41, 5.74) is 4.54. The molecule has 0 saturated carbocycles. The molecule has 23 heteroatoms. The van der Waals surface area contributed by atoms with E-state index in [4.69, 9.17) is 20.3 Å². The second kappa shape index (κ2) is 11.2. The summed E-state index contributed by atoms with van der Waals surface area (Å²) in [6.07, 6.45) is -15.0. The van der Waals surface area contributed by atoms with E-state index in [0.29, 0.717) is 0 Å². The molecule has 0 amide bonds. The van der Waals surface area contributed by atoms with Gasteiger partial charge in [-0.1, -0.05) is 0 Å². The molecule has 2 aromatic rings. The van der Waals surface area contributed by atoms with E-state index in [2.05, 4.69) is 28.3 Å². The third-order valence-electron chi connectivity index (χ3n) is 5.76. The number of hydrogen-bond acceptors (Lipinski definition) is 17. The molecule has 39 heavy (non-hydrogen) atoms. The normalized spacial score (nSPS) is 36.6. The van der Waals surface area contributed by atoms with E-state index in [1.807, 2.05) is 0 Å². The Morgan fingerprint density at radius 3 is 2.33 bits per heavy atom. The zero-order valence-corrected chi connectivity index (χ0v) is 21.1. The summed E-state index contributed by atoms with van der Waals surface area (Å²) >= 11 is 0. The second-order valence-electron chi connectivity index (χ2n) is 8.44. The lowest BCUT2D eigenvalue weighted by Crippen LogP contribution is -2.58. The molecule has 4 heterocycles. The number of H-pyrrole nitrogens is 1. The van der Waals surface area contributed by atoms with Gasteiger partial charge in [0, 0.05) is 0 Å². The Morgan fingerprint density at radius 2 is 1.67 bits per heavy atom. The van der Waals surface area contributed by atoms with Crippen LogP contribution in [0.1, 0.15) is 6.23 Å². The highest BCUT2D eigenvalue weighted by atomic mass is 31.3. The maximum absolute atomic E-state index is 12.3. The number of ether oxygens (including phenoxy) is 2. The van der Waals surface area contributed by atoms with E-state index in [-0.39, 0.29) is 17.1 Å². The molecule has 11 atom stereocenters. The van der Waals surface area contributed by atoms with Crippen molar-refractivity contribution in [3.05, 3.63) is 16.7 Å². The molecule has 4 rings (SSSR count). The van der Waals surface area contributed by atoms with Crippen molar-refractivity contribution >= 4 is 32.8 Å². The lowest BCUT2D eigenvalue weighted by molar-refractivity contribution is -0.280. The van der Waals surface area contributed by atoms with Crippen LogP contribution in [0.15, 0.2) is 11.1 Å². The zero-order valence-electron chi connectivity index (χ0n) is 19.3. The number of phosphoric ester groups is 2. The lowest BCUT2D eigenvalue weighted by atomic mass is 10.00. The molecule has 220 valence electrons. The Balaban J connectivity index is 1.39. The van der Waals surface area contributed by atoms with Gasteiger partial charge in [-0.3, -0.25) is 23.4 Å². The van der Waals surface area contributed by atoms with Gasteiger partial charge in [0.15, 0.2) is 23.7 Å². The van der Waals surface area contributed by atoms with Crippen LogP contribution >= 0.6 is 15.6 Å². The first-order chi connectivity index (χ1) is 18.1. The Morgan fingerprint density at radius 1 is 1.00 bits per heavy atom. The molecule has 4 unspecified atom stereocenters. The molecular weight excluding hydrogens is 580 g/mol. The van der Waals surface area contributed by atoms with E-state index in [0.717, 1.165) is 10.9 Å². The molecule has 21 nitrogen and oxygen atoms in total. The third-order valence-corrected chi connectivity index (χ3v) is 8.36. The van der Waals surface area contributed by atoms with Crippen molar-refractivity contribution in [2.75, 3.05) is 18.9 Å². The summed E-state index contributed by atoms with van der Waals surface area (Å²) in [6, 6.07) is 0. The van der Waals surface area contributed by atoms with Crippen molar-refractivity contribution in [1.82, 2.24) is 19.5 Å². The molecule has 2 fully saturated rings. The topological polar surface area (TPSA) is 332 Å². The third kappa shape index (κ3) is 6.22. The standard InChI is InChI=1S/C16H25N5O16P2/c17-16-19-12-6(13(28)20-16)18-3-21(12)14-10(26)8(24)5(34-14)2-33-38(29,30)37-39(31,32)36-15-11(27)9(25)7(23)4(1-22)35-15/h3-5,7-11,14-15,22-27H,1-2H2,(H,29,30)(H,31,32)(H3,17,19,20,28)/t4-,5-,7-,8-,9+,10-,11-,14?,15?/m1/s1. The minimum atomic E-state index is -5.60. The summed E-state index contributed by atoms with van der Waals surface area (Å²) in [6.45, 7) is -1.89. The van der Waals surface area contributed by atoms with Crippen LogP contribution < -0.4 is 11.3 Å². The molecular formula is C16H25N5O16P2. The number of hydrogen-bond donors (Lipinski definition) is 10. The molecule has 2 aliphatic rings. The average Bonchev–Trinajstić information content (AvgIpc) is 3.38. The minimum absolute atomic E-state index is 0.114. The Bertz CT molecular complexity index is 1340. The number of nitrogens with zero attached hydrogens (tertiary/aromatic N) is 3. The van der Waals surface area contributed by atoms with Gasteiger partial charge in [-0.2, -0.15) is 9.29 Å². The van der Waals surface area contributed by atoms with Crippen LogP contribution in [0.5, 0.6) is 0 Å². The molecule has 0 aromatic carbocycles. The van der Waals surface area contributed by atoms with Crippen LogP contribution in [0.2, 0.25) is 0 Å². The summed E-state index contributed by atoms with van der Waals surface area (Å²) in [5.74, 6) is -0.278. The number of rotatable bonds is 9. The van der Waals surface area contributed by atoms with Crippen molar-refractivity contribution in [2.45, 2.75) is 55.2 Å². The van der Waals surface area contributed by atoms with Gasteiger partial charge >= 0.3 is 15.6 Å².